The van der Waals surface area contributed by atoms with Crippen molar-refractivity contribution in [1.29, 1.82) is 0 Å². The fraction of sp³-hybridized carbons (Fsp3) is 0.250. The van der Waals surface area contributed by atoms with Gasteiger partial charge in [0.25, 0.3) is 5.56 Å². The molecule has 0 radical (unpaired) electrons. The number of aromatic nitrogens is 5. The first-order chi connectivity index (χ1) is 14.6. The Kier molecular flexibility index (Phi) is 4.68. The van der Waals surface area contributed by atoms with Crippen LogP contribution in [0.25, 0.3) is 11.0 Å². The molecule has 1 fully saturated rings. The highest BCUT2D eigenvalue weighted by Gasteiger charge is 2.31. The number of benzene rings is 1. The molecule has 4 heterocycles. The Bertz CT molecular complexity index is 1270. The Hall–Kier alpha value is -3.30. The summed E-state index contributed by atoms with van der Waals surface area (Å²) < 4.78 is 12.7. The Morgan fingerprint density at radius 1 is 1.17 bits per heavy atom. The fourth-order valence-corrected chi connectivity index (χ4v) is 3.66. The van der Waals surface area contributed by atoms with Crippen LogP contribution in [0.15, 0.2) is 52.0 Å². The van der Waals surface area contributed by atoms with E-state index in [9.17, 15) is 4.79 Å². The van der Waals surface area contributed by atoms with Gasteiger partial charge in [-0.15, -0.1) is 0 Å². The predicted octanol–water partition coefficient (Wildman–Crippen LogP) is 2.70. The van der Waals surface area contributed by atoms with Crippen molar-refractivity contribution < 1.29 is 9.26 Å². The molecule has 0 amide bonds. The Labute approximate surface area is 175 Å². The zero-order valence-corrected chi connectivity index (χ0v) is 16.5. The minimum absolute atomic E-state index is 0.0156. The third-order valence-corrected chi connectivity index (χ3v) is 5.35. The molecular formula is C20H17ClN6O3. The molecule has 5 rings (SSSR count). The van der Waals surface area contributed by atoms with Gasteiger partial charge < -0.3 is 15.0 Å². The third-order valence-electron chi connectivity index (χ3n) is 5.10. The SMILES string of the molecule is Nc1ccc2c(=O)n(Cc3nc([C@@H]4CO[C@@H](c5ccc(Cl)cc5)C4)no3)cnc2n1. The summed E-state index contributed by atoms with van der Waals surface area (Å²) in [5, 5.41) is 5.15. The van der Waals surface area contributed by atoms with Crippen molar-refractivity contribution in [2.75, 3.05) is 12.3 Å². The minimum atomic E-state index is -0.251. The molecule has 1 aliphatic heterocycles. The maximum atomic E-state index is 12.7. The summed E-state index contributed by atoms with van der Waals surface area (Å²) in [6.45, 7) is 0.615. The van der Waals surface area contributed by atoms with Crippen LogP contribution >= 0.6 is 11.6 Å². The van der Waals surface area contributed by atoms with E-state index >= 15 is 0 Å². The number of pyridine rings is 1. The highest BCUT2D eigenvalue weighted by atomic mass is 35.5. The van der Waals surface area contributed by atoms with Crippen LogP contribution in [0.2, 0.25) is 5.02 Å². The van der Waals surface area contributed by atoms with E-state index in [0.29, 0.717) is 40.2 Å². The summed E-state index contributed by atoms with van der Waals surface area (Å²) >= 11 is 5.95. The number of nitrogens with two attached hydrogens (primary N) is 1. The van der Waals surface area contributed by atoms with E-state index in [1.807, 2.05) is 24.3 Å². The minimum Gasteiger partial charge on any atom is -0.384 e. The molecule has 2 N–H and O–H groups in total. The largest absolute Gasteiger partial charge is 0.384 e. The maximum absolute atomic E-state index is 12.7. The first-order valence-corrected chi connectivity index (χ1v) is 9.76. The zero-order valence-electron chi connectivity index (χ0n) is 15.7. The molecule has 152 valence electrons. The number of hydrogen-bond donors (Lipinski definition) is 1. The van der Waals surface area contributed by atoms with E-state index in [-0.39, 0.29) is 24.1 Å². The van der Waals surface area contributed by atoms with Crippen molar-refractivity contribution in [3.8, 4) is 0 Å². The van der Waals surface area contributed by atoms with E-state index in [4.69, 9.17) is 26.6 Å². The highest BCUT2D eigenvalue weighted by Crippen LogP contribution is 2.37. The number of halogens is 1. The van der Waals surface area contributed by atoms with Gasteiger partial charge in [-0.05, 0) is 36.2 Å². The van der Waals surface area contributed by atoms with Crippen molar-refractivity contribution in [1.82, 2.24) is 24.7 Å². The number of fused-ring (bicyclic) bond motifs is 1. The maximum Gasteiger partial charge on any atom is 0.263 e. The zero-order chi connectivity index (χ0) is 20.7. The number of hydrogen-bond acceptors (Lipinski definition) is 8. The Morgan fingerprint density at radius 2 is 2.00 bits per heavy atom. The van der Waals surface area contributed by atoms with Crippen LogP contribution in [0.4, 0.5) is 5.82 Å². The lowest BCUT2D eigenvalue weighted by molar-refractivity contribution is 0.110. The van der Waals surface area contributed by atoms with Gasteiger partial charge in [0.15, 0.2) is 11.5 Å². The van der Waals surface area contributed by atoms with Crippen molar-refractivity contribution in [2.24, 2.45) is 0 Å². The second-order valence-corrected chi connectivity index (χ2v) is 7.57. The summed E-state index contributed by atoms with van der Waals surface area (Å²) in [5.41, 5.74) is 6.76. The predicted molar refractivity (Wildman–Crippen MR) is 109 cm³/mol. The summed E-state index contributed by atoms with van der Waals surface area (Å²) in [4.78, 5) is 25.4. The van der Waals surface area contributed by atoms with Gasteiger partial charge in [-0.2, -0.15) is 4.98 Å². The second kappa shape index (κ2) is 7.51. The van der Waals surface area contributed by atoms with Gasteiger partial charge in [-0.25, -0.2) is 9.97 Å². The van der Waals surface area contributed by atoms with E-state index in [1.165, 1.54) is 10.9 Å². The highest BCUT2D eigenvalue weighted by molar-refractivity contribution is 6.30. The van der Waals surface area contributed by atoms with Crippen LogP contribution in [-0.4, -0.2) is 31.3 Å². The van der Waals surface area contributed by atoms with Crippen LogP contribution in [0.1, 0.15) is 35.7 Å². The van der Waals surface area contributed by atoms with Gasteiger partial charge in [0.1, 0.15) is 18.7 Å². The number of nitrogen functional groups attached to an aromatic ring is 1. The van der Waals surface area contributed by atoms with Crippen LogP contribution < -0.4 is 11.3 Å². The smallest absolute Gasteiger partial charge is 0.263 e. The monoisotopic (exact) mass is 424 g/mol. The third kappa shape index (κ3) is 3.53. The first-order valence-electron chi connectivity index (χ1n) is 9.38. The lowest BCUT2D eigenvalue weighted by Crippen LogP contribution is -2.21. The standard InChI is InChI=1S/C20H17ClN6O3/c21-13-3-1-11(2-4-13)15-7-12(9-29-15)18-25-17(30-26-18)8-27-10-23-19-14(20(27)28)5-6-16(22)24-19/h1-6,10,12,15H,7-9H2,(H2,22,24)/t12-,15+/m0/s1. The molecule has 0 bridgehead atoms. The van der Waals surface area contributed by atoms with E-state index in [1.54, 1.807) is 12.1 Å². The van der Waals surface area contributed by atoms with Gasteiger partial charge in [0, 0.05) is 10.9 Å². The molecule has 2 atom stereocenters. The molecule has 10 heteroatoms. The number of anilines is 1. The van der Waals surface area contributed by atoms with Gasteiger partial charge in [0.2, 0.25) is 5.89 Å². The van der Waals surface area contributed by atoms with Gasteiger partial charge in [-0.3, -0.25) is 9.36 Å². The van der Waals surface area contributed by atoms with Gasteiger partial charge >= 0.3 is 0 Å². The Morgan fingerprint density at radius 3 is 2.83 bits per heavy atom. The Balaban J connectivity index is 1.32. The van der Waals surface area contributed by atoms with Crippen LogP contribution in [0, 0.1) is 0 Å². The molecule has 9 nitrogen and oxygen atoms in total. The van der Waals surface area contributed by atoms with Crippen molar-refractivity contribution in [3.05, 3.63) is 75.4 Å². The molecule has 4 aromatic rings. The number of nitrogens with zero attached hydrogens (tertiary/aromatic N) is 5. The lowest BCUT2D eigenvalue weighted by Gasteiger charge is -2.09. The summed E-state index contributed by atoms with van der Waals surface area (Å²) in [7, 11) is 0. The second-order valence-electron chi connectivity index (χ2n) is 7.14. The van der Waals surface area contributed by atoms with Crippen molar-refractivity contribution in [2.45, 2.75) is 25.0 Å². The average molecular weight is 425 g/mol. The quantitative estimate of drug-likeness (QED) is 0.530. The van der Waals surface area contributed by atoms with E-state index in [2.05, 4.69) is 20.1 Å². The fourth-order valence-electron chi connectivity index (χ4n) is 3.53. The number of ether oxygens (including phenoxy) is 1. The molecule has 1 saturated heterocycles. The average Bonchev–Trinajstić information content (AvgIpc) is 3.40. The van der Waals surface area contributed by atoms with Crippen molar-refractivity contribution >= 4 is 28.5 Å². The molecule has 0 saturated carbocycles. The molecule has 1 aromatic carbocycles. The van der Waals surface area contributed by atoms with Crippen LogP contribution in [0.5, 0.6) is 0 Å². The normalized spacial score (nSPS) is 18.8. The molecule has 0 unspecified atom stereocenters. The van der Waals surface area contributed by atoms with Crippen LogP contribution in [0.3, 0.4) is 0 Å². The number of rotatable bonds is 4. The molecular weight excluding hydrogens is 408 g/mol. The van der Waals surface area contributed by atoms with Crippen molar-refractivity contribution in [3.63, 3.8) is 0 Å². The lowest BCUT2D eigenvalue weighted by atomic mass is 10.0. The summed E-state index contributed by atoms with van der Waals surface area (Å²) in [6, 6.07) is 10.8. The molecule has 0 aliphatic carbocycles. The molecule has 0 spiro atoms. The summed E-state index contributed by atoms with van der Waals surface area (Å²) in [6.07, 6.45) is 2.10. The molecule has 1 aliphatic rings. The summed E-state index contributed by atoms with van der Waals surface area (Å²) in [5.74, 6) is 1.22. The molecule has 30 heavy (non-hydrogen) atoms. The first kappa shape index (κ1) is 18.7. The van der Waals surface area contributed by atoms with E-state index < -0.39 is 0 Å². The topological polar surface area (TPSA) is 122 Å². The van der Waals surface area contributed by atoms with E-state index in [0.717, 1.165) is 12.0 Å². The van der Waals surface area contributed by atoms with Gasteiger partial charge in [-0.1, -0.05) is 28.9 Å². The van der Waals surface area contributed by atoms with Crippen LogP contribution in [-0.2, 0) is 11.3 Å². The molecule has 3 aromatic heterocycles. The van der Waals surface area contributed by atoms with Gasteiger partial charge in [0.05, 0.1) is 18.1 Å².